The molecule has 1 aromatic carbocycles. The molecule has 0 atom stereocenters. The van der Waals surface area contributed by atoms with Crippen LogP contribution in [0.5, 0.6) is 0 Å². The summed E-state index contributed by atoms with van der Waals surface area (Å²) in [5.41, 5.74) is 0.0887. The van der Waals surface area contributed by atoms with Gasteiger partial charge in [-0.3, -0.25) is 4.79 Å². The molecule has 0 saturated heterocycles. The number of halogens is 1. The van der Waals surface area contributed by atoms with E-state index in [1.165, 1.54) is 24.6 Å². The molecule has 0 aliphatic heterocycles. The lowest BCUT2D eigenvalue weighted by atomic mass is 9.75. The van der Waals surface area contributed by atoms with Gasteiger partial charge in [0, 0.05) is 17.0 Å². The standard InChI is InChI=1S/C14H19FN2OS/c1-17(2)14(6-3-7-14)9-16-13(18)11-8-10(19)4-5-12(11)15/h4-5,8,19H,3,6-7,9H2,1-2H3,(H,16,18). The van der Waals surface area contributed by atoms with Gasteiger partial charge < -0.3 is 10.2 Å². The molecule has 1 aliphatic carbocycles. The Hall–Kier alpha value is -1.07. The third-order valence-electron chi connectivity index (χ3n) is 4.01. The lowest BCUT2D eigenvalue weighted by Gasteiger charge is -2.47. The van der Waals surface area contributed by atoms with Crippen LogP contribution in [0.4, 0.5) is 4.39 Å². The maximum absolute atomic E-state index is 13.6. The van der Waals surface area contributed by atoms with E-state index in [0.717, 1.165) is 12.8 Å². The Labute approximate surface area is 118 Å². The van der Waals surface area contributed by atoms with Crippen molar-refractivity contribution in [3.63, 3.8) is 0 Å². The summed E-state index contributed by atoms with van der Waals surface area (Å²) >= 11 is 4.13. The van der Waals surface area contributed by atoms with Gasteiger partial charge in [0.2, 0.25) is 0 Å². The van der Waals surface area contributed by atoms with Crippen LogP contribution in [0.25, 0.3) is 0 Å². The van der Waals surface area contributed by atoms with Crippen LogP contribution >= 0.6 is 12.6 Å². The molecule has 5 heteroatoms. The summed E-state index contributed by atoms with van der Waals surface area (Å²) in [5.74, 6) is -0.885. The SMILES string of the molecule is CN(C)C1(CNC(=O)c2cc(S)ccc2F)CCC1. The first-order chi connectivity index (χ1) is 8.94. The monoisotopic (exact) mass is 282 g/mol. The van der Waals surface area contributed by atoms with Gasteiger partial charge in [-0.2, -0.15) is 0 Å². The third kappa shape index (κ3) is 2.92. The number of amides is 1. The number of thiol groups is 1. The van der Waals surface area contributed by atoms with Gasteiger partial charge in [-0.25, -0.2) is 4.39 Å². The molecule has 0 radical (unpaired) electrons. The van der Waals surface area contributed by atoms with E-state index in [1.54, 1.807) is 0 Å². The van der Waals surface area contributed by atoms with E-state index >= 15 is 0 Å². The van der Waals surface area contributed by atoms with Crippen LogP contribution in [0.2, 0.25) is 0 Å². The summed E-state index contributed by atoms with van der Waals surface area (Å²) in [4.78, 5) is 14.7. The molecule has 3 nitrogen and oxygen atoms in total. The fraction of sp³-hybridized carbons (Fsp3) is 0.500. The van der Waals surface area contributed by atoms with Crippen molar-refractivity contribution in [2.45, 2.75) is 29.7 Å². The highest BCUT2D eigenvalue weighted by atomic mass is 32.1. The number of likely N-dealkylation sites (N-methyl/N-ethyl adjacent to an activating group) is 1. The summed E-state index contributed by atoms with van der Waals surface area (Å²) in [6.07, 6.45) is 3.30. The maximum Gasteiger partial charge on any atom is 0.254 e. The molecule has 1 N–H and O–H groups in total. The molecule has 1 fully saturated rings. The molecular weight excluding hydrogens is 263 g/mol. The normalized spacial score (nSPS) is 17.1. The molecule has 0 heterocycles. The van der Waals surface area contributed by atoms with E-state index in [9.17, 15) is 9.18 Å². The highest BCUT2D eigenvalue weighted by Gasteiger charge is 2.39. The van der Waals surface area contributed by atoms with Crippen LogP contribution in [0, 0.1) is 5.82 Å². The number of carbonyl (C=O) groups is 1. The van der Waals surface area contributed by atoms with Gasteiger partial charge >= 0.3 is 0 Å². The minimum Gasteiger partial charge on any atom is -0.350 e. The van der Waals surface area contributed by atoms with Crippen LogP contribution in [-0.4, -0.2) is 37.0 Å². The Morgan fingerprint density at radius 2 is 2.16 bits per heavy atom. The molecule has 1 saturated carbocycles. The number of nitrogens with zero attached hydrogens (tertiary/aromatic N) is 1. The largest absolute Gasteiger partial charge is 0.350 e. The topological polar surface area (TPSA) is 32.3 Å². The fourth-order valence-corrected chi connectivity index (χ4v) is 2.60. The number of carbonyl (C=O) groups excluding carboxylic acids is 1. The van der Waals surface area contributed by atoms with Gasteiger partial charge in [-0.1, -0.05) is 0 Å². The molecule has 0 unspecified atom stereocenters. The van der Waals surface area contributed by atoms with Gasteiger partial charge in [0.15, 0.2) is 0 Å². The van der Waals surface area contributed by atoms with Crippen LogP contribution in [0.15, 0.2) is 23.1 Å². The number of hydrogen-bond donors (Lipinski definition) is 2. The molecule has 1 aromatic rings. The lowest BCUT2D eigenvalue weighted by molar-refractivity contribution is 0.0556. The summed E-state index contributed by atoms with van der Waals surface area (Å²) < 4.78 is 13.6. The molecule has 0 aromatic heterocycles. The fourth-order valence-electron chi connectivity index (χ4n) is 2.39. The highest BCUT2D eigenvalue weighted by molar-refractivity contribution is 7.80. The van der Waals surface area contributed by atoms with Crippen LogP contribution in [-0.2, 0) is 0 Å². The third-order valence-corrected chi connectivity index (χ3v) is 4.28. The molecular formula is C14H19FN2OS. The van der Waals surface area contributed by atoms with E-state index in [4.69, 9.17) is 0 Å². The van der Waals surface area contributed by atoms with Crippen molar-refractivity contribution < 1.29 is 9.18 Å². The minimum atomic E-state index is -0.511. The van der Waals surface area contributed by atoms with E-state index < -0.39 is 5.82 Å². The van der Waals surface area contributed by atoms with Gasteiger partial charge in [0.1, 0.15) is 5.82 Å². The first-order valence-electron chi connectivity index (χ1n) is 6.39. The number of rotatable bonds is 4. The van der Waals surface area contributed by atoms with E-state index in [-0.39, 0.29) is 17.0 Å². The summed E-state index contributed by atoms with van der Waals surface area (Å²) in [7, 11) is 4.03. The van der Waals surface area contributed by atoms with Crippen LogP contribution < -0.4 is 5.32 Å². The summed E-state index contributed by atoms with van der Waals surface area (Å²) in [5, 5.41) is 2.84. The van der Waals surface area contributed by atoms with Gasteiger partial charge in [-0.05, 0) is 51.6 Å². The first kappa shape index (κ1) is 14.3. The van der Waals surface area contributed by atoms with Crippen molar-refractivity contribution >= 4 is 18.5 Å². The van der Waals surface area contributed by atoms with E-state index in [2.05, 4.69) is 22.8 Å². The molecule has 0 bridgehead atoms. The average Bonchev–Trinajstić information content (AvgIpc) is 2.30. The molecule has 2 rings (SSSR count). The smallest absolute Gasteiger partial charge is 0.254 e. The zero-order chi connectivity index (χ0) is 14.0. The molecule has 1 amide bonds. The van der Waals surface area contributed by atoms with Gasteiger partial charge in [0.05, 0.1) is 5.56 Å². The second kappa shape index (κ2) is 5.51. The number of hydrogen-bond acceptors (Lipinski definition) is 3. The molecule has 104 valence electrons. The maximum atomic E-state index is 13.6. The van der Waals surface area contributed by atoms with Crippen molar-refractivity contribution in [2.75, 3.05) is 20.6 Å². The van der Waals surface area contributed by atoms with Crippen molar-refractivity contribution in [1.29, 1.82) is 0 Å². The zero-order valence-corrected chi connectivity index (χ0v) is 12.1. The Balaban J connectivity index is 2.03. The van der Waals surface area contributed by atoms with Crippen LogP contribution in [0.1, 0.15) is 29.6 Å². The molecule has 1 aliphatic rings. The van der Waals surface area contributed by atoms with Crippen molar-refractivity contribution in [3.05, 3.63) is 29.6 Å². The molecule has 0 spiro atoms. The van der Waals surface area contributed by atoms with Gasteiger partial charge in [-0.15, -0.1) is 12.6 Å². The molecule has 19 heavy (non-hydrogen) atoms. The Morgan fingerprint density at radius 1 is 1.47 bits per heavy atom. The predicted octanol–water partition coefficient (Wildman–Crippen LogP) is 2.33. The number of benzene rings is 1. The highest BCUT2D eigenvalue weighted by Crippen LogP contribution is 2.35. The van der Waals surface area contributed by atoms with Crippen molar-refractivity contribution in [2.24, 2.45) is 0 Å². The summed E-state index contributed by atoms with van der Waals surface area (Å²) in [6.45, 7) is 0.551. The summed E-state index contributed by atoms with van der Waals surface area (Å²) in [6, 6.07) is 4.25. The average molecular weight is 282 g/mol. The van der Waals surface area contributed by atoms with Gasteiger partial charge in [0.25, 0.3) is 5.91 Å². The Bertz CT molecular complexity index is 486. The van der Waals surface area contributed by atoms with E-state index in [1.807, 2.05) is 14.1 Å². The minimum absolute atomic E-state index is 0.0325. The zero-order valence-electron chi connectivity index (χ0n) is 11.2. The predicted molar refractivity (Wildman–Crippen MR) is 76.3 cm³/mol. The van der Waals surface area contributed by atoms with E-state index in [0.29, 0.717) is 11.4 Å². The van der Waals surface area contributed by atoms with Crippen molar-refractivity contribution in [3.8, 4) is 0 Å². The Kier molecular flexibility index (Phi) is 4.16. The quantitative estimate of drug-likeness (QED) is 0.831. The van der Waals surface area contributed by atoms with Crippen molar-refractivity contribution in [1.82, 2.24) is 10.2 Å². The second-order valence-electron chi connectivity index (χ2n) is 5.32. The first-order valence-corrected chi connectivity index (χ1v) is 6.83. The number of nitrogens with one attached hydrogen (secondary N) is 1. The second-order valence-corrected chi connectivity index (χ2v) is 5.84. The Morgan fingerprint density at radius 3 is 2.68 bits per heavy atom. The van der Waals surface area contributed by atoms with Crippen LogP contribution in [0.3, 0.4) is 0 Å². The lowest BCUT2D eigenvalue weighted by Crippen LogP contribution is -2.57.